The van der Waals surface area contributed by atoms with E-state index in [1.807, 2.05) is 6.07 Å². The predicted octanol–water partition coefficient (Wildman–Crippen LogP) is 4.40. The van der Waals surface area contributed by atoms with Crippen molar-refractivity contribution in [2.75, 3.05) is 12.4 Å². The van der Waals surface area contributed by atoms with Crippen LogP contribution in [-0.2, 0) is 0 Å². The van der Waals surface area contributed by atoms with Crippen LogP contribution >= 0.6 is 34.1 Å². The van der Waals surface area contributed by atoms with Gasteiger partial charge in [0.05, 0.1) is 35.0 Å². The molecule has 0 saturated carbocycles. The largest absolute Gasteiger partial charge is 0.395 e. The first-order chi connectivity index (χ1) is 14.8. The molecule has 1 saturated heterocycles. The Morgan fingerprint density at radius 3 is 2.45 bits per heavy atom. The van der Waals surface area contributed by atoms with Gasteiger partial charge >= 0.3 is 0 Å². The van der Waals surface area contributed by atoms with Crippen LogP contribution in [0, 0.1) is 17.5 Å². The summed E-state index contributed by atoms with van der Waals surface area (Å²) >= 11 is 12.1. The van der Waals surface area contributed by atoms with Crippen molar-refractivity contribution >= 4 is 34.1 Å². The molecule has 1 aromatic heterocycles. The number of aliphatic hydroxyl groups excluding tert-OH is 2. The number of nitrogens with zero attached hydrogens (tertiary/aromatic N) is 3. The third kappa shape index (κ3) is 4.29. The summed E-state index contributed by atoms with van der Waals surface area (Å²) in [4.78, 5) is 0.928. The van der Waals surface area contributed by atoms with E-state index in [0.717, 1.165) is 17.0 Å². The van der Waals surface area contributed by atoms with Gasteiger partial charge in [0.25, 0.3) is 0 Å². The maximum Gasteiger partial charge on any atom is 0.194 e. The highest BCUT2D eigenvalue weighted by Gasteiger charge is 2.38. The monoisotopic (exact) mass is 491 g/mol. The van der Waals surface area contributed by atoms with Gasteiger partial charge in [-0.15, -0.1) is 5.10 Å². The second-order valence-corrected chi connectivity index (χ2v) is 10.6. The van der Waals surface area contributed by atoms with Crippen LogP contribution in [0.15, 0.2) is 41.4 Å². The van der Waals surface area contributed by atoms with E-state index < -0.39 is 45.7 Å². The van der Waals surface area contributed by atoms with Crippen molar-refractivity contribution in [3.63, 3.8) is 0 Å². The number of aromatic nitrogens is 3. The minimum atomic E-state index is -1.56. The Balaban J connectivity index is 1.59. The quantitative estimate of drug-likeness (QED) is 0.373. The normalized spacial score (nSPS) is 25.0. The van der Waals surface area contributed by atoms with E-state index in [0.29, 0.717) is 22.2 Å². The van der Waals surface area contributed by atoms with Gasteiger partial charge in [-0.25, -0.2) is 28.7 Å². The zero-order chi connectivity index (χ0) is 22.3. The molecule has 4 atom stereocenters. The van der Waals surface area contributed by atoms with E-state index >= 15 is 0 Å². The fourth-order valence-corrected chi connectivity index (χ4v) is 7.02. The smallest absolute Gasteiger partial charge is 0.194 e. The van der Waals surface area contributed by atoms with Crippen LogP contribution in [0.2, 0.25) is 10.0 Å². The lowest BCUT2D eigenvalue weighted by molar-refractivity contribution is 0.0762. The Hall–Kier alpha value is -1.78. The zero-order valence-corrected chi connectivity index (χ0v) is 18.3. The third-order valence-electron chi connectivity index (χ3n) is 5.41. The molecule has 11 heteroatoms. The Bertz CT molecular complexity index is 1090. The average molecular weight is 492 g/mol. The summed E-state index contributed by atoms with van der Waals surface area (Å²) in [6.07, 6.45) is 1.05. The first-order valence-electron chi connectivity index (χ1n) is 9.37. The molecule has 166 valence electrons. The molecule has 0 bridgehead atoms. The van der Waals surface area contributed by atoms with Crippen molar-refractivity contribution in [2.24, 2.45) is 0 Å². The van der Waals surface area contributed by atoms with Crippen LogP contribution in [-0.4, -0.2) is 48.9 Å². The minimum Gasteiger partial charge on any atom is -0.395 e. The number of hydrogen-bond donors (Lipinski definition) is 3. The van der Waals surface area contributed by atoms with Gasteiger partial charge in [-0.2, -0.15) is 0 Å². The minimum absolute atomic E-state index is 0.0321. The molecular formula is C20H18Cl2F3N3O2S. The number of aliphatic hydroxyl groups is 2. The van der Waals surface area contributed by atoms with Gasteiger partial charge in [-0.3, -0.25) is 0 Å². The maximum absolute atomic E-state index is 13.6. The molecule has 4 rings (SSSR count). The summed E-state index contributed by atoms with van der Waals surface area (Å²) in [5.41, 5.74) is 0.174. The first-order valence-corrected chi connectivity index (χ1v) is 11.7. The number of benzene rings is 2. The molecule has 1 aliphatic rings. The van der Waals surface area contributed by atoms with E-state index in [4.69, 9.17) is 23.2 Å². The molecule has 2 heterocycles. The summed E-state index contributed by atoms with van der Waals surface area (Å²) in [6.45, 7) is -0.237. The number of thiol groups is 1. The van der Waals surface area contributed by atoms with Gasteiger partial charge in [-0.05, 0) is 47.4 Å². The van der Waals surface area contributed by atoms with Crippen LogP contribution in [0.1, 0.15) is 12.5 Å². The Kier molecular flexibility index (Phi) is 6.50. The van der Waals surface area contributed by atoms with Crippen molar-refractivity contribution in [1.82, 2.24) is 15.0 Å². The molecule has 1 aliphatic heterocycles. The third-order valence-corrected chi connectivity index (χ3v) is 9.10. The first kappa shape index (κ1) is 22.4. The molecule has 3 aromatic rings. The highest BCUT2D eigenvalue weighted by atomic mass is 35.5. The van der Waals surface area contributed by atoms with E-state index in [-0.39, 0.29) is 17.9 Å². The lowest BCUT2D eigenvalue weighted by atomic mass is 10.0. The Labute approximate surface area is 188 Å². The Morgan fingerprint density at radius 1 is 1.10 bits per heavy atom. The summed E-state index contributed by atoms with van der Waals surface area (Å²) in [5, 5.41) is 29.3. The summed E-state index contributed by atoms with van der Waals surface area (Å²) in [6, 6.07) is 6.49. The van der Waals surface area contributed by atoms with Crippen LogP contribution in [0.5, 0.6) is 0 Å². The van der Waals surface area contributed by atoms with Crippen molar-refractivity contribution in [1.29, 1.82) is 0 Å². The van der Waals surface area contributed by atoms with Crippen molar-refractivity contribution in [3.8, 4) is 11.3 Å². The molecule has 2 N–H and O–H groups in total. The van der Waals surface area contributed by atoms with Gasteiger partial charge in [0.1, 0.15) is 5.69 Å². The second-order valence-electron chi connectivity index (χ2n) is 7.23. The van der Waals surface area contributed by atoms with Crippen LogP contribution in [0.4, 0.5) is 13.2 Å². The van der Waals surface area contributed by atoms with Crippen molar-refractivity contribution in [3.05, 3.63) is 64.0 Å². The molecule has 31 heavy (non-hydrogen) atoms. The fourth-order valence-electron chi connectivity index (χ4n) is 3.80. The number of hydrogen-bond acceptors (Lipinski definition) is 4. The number of halogens is 5. The Morgan fingerprint density at radius 2 is 1.81 bits per heavy atom. The van der Waals surface area contributed by atoms with E-state index in [1.165, 1.54) is 10.9 Å². The summed E-state index contributed by atoms with van der Waals surface area (Å²) in [7, 11) is -0.910. The molecule has 5 nitrogen and oxygen atoms in total. The molecule has 0 amide bonds. The summed E-state index contributed by atoms with van der Waals surface area (Å²) < 4.78 is 41.7. The maximum atomic E-state index is 13.6. The molecular weight excluding hydrogens is 474 g/mol. The zero-order valence-electron chi connectivity index (χ0n) is 15.9. The van der Waals surface area contributed by atoms with E-state index in [9.17, 15) is 23.4 Å². The van der Waals surface area contributed by atoms with Crippen LogP contribution < -0.4 is 0 Å². The van der Waals surface area contributed by atoms with Gasteiger partial charge in [-0.1, -0.05) is 28.4 Å². The lowest BCUT2D eigenvalue weighted by Gasteiger charge is -2.42. The standard InChI is InChI=1S/C20H18Cl2F3N3O2S/c21-12-2-1-11(7-13(12)22)31-4-3-17(20(30)18(31)9-29)28-8-16(26-27-28)10-5-14(23)19(25)15(24)6-10/h1-2,5-8,17-18,20,29-31H,3-4,9H2/t17-,18-,20+/m1/s1. The van der Waals surface area contributed by atoms with E-state index in [1.54, 1.807) is 12.1 Å². The van der Waals surface area contributed by atoms with Gasteiger partial charge < -0.3 is 10.2 Å². The van der Waals surface area contributed by atoms with Gasteiger partial charge in [0, 0.05) is 10.8 Å². The summed E-state index contributed by atoms with van der Waals surface area (Å²) in [5.74, 6) is -3.51. The van der Waals surface area contributed by atoms with Gasteiger partial charge in [0.15, 0.2) is 17.5 Å². The topological polar surface area (TPSA) is 71.2 Å². The highest BCUT2D eigenvalue weighted by molar-refractivity contribution is 8.17. The average Bonchev–Trinajstić information content (AvgIpc) is 3.23. The molecule has 1 fully saturated rings. The van der Waals surface area contributed by atoms with Gasteiger partial charge in [0.2, 0.25) is 0 Å². The molecule has 1 unspecified atom stereocenters. The highest BCUT2D eigenvalue weighted by Crippen LogP contribution is 2.50. The van der Waals surface area contributed by atoms with Crippen molar-refractivity contribution < 1.29 is 23.4 Å². The molecule has 0 radical (unpaired) electrons. The number of rotatable bonds is 4. The lowest BCUT2D eigenvalue weighted by Crippen LogP contribution is -2.42. The predicted molar refractivity (Wildman–Crippen MR) is 114 cm³/mol. The molecule has 0 spiro atoms. The SMILES string of the molecule is OC[C@@H]1[C@@H](O)[C@H](n2cc(-c3cc(F)c(F)c(F)c3)nn2)CC[SH]1c1ccc(Cl)c(Cl)c1. The fraction of sp³-hybridized carbons (Fsp3) is 0.300. The molecule has 2 aromatic carbocycles. The van der Waals surface area contributed by atoms with Crippen LogP contribution in [0.3, 0.4) is 0 Å². The van der Waals surface area contributed by atoms with E-state index in [2.05, 4.69) is 10.3 Å². The second kappa shape index (κ2) is 8.99. The van der Waals surface area contributed by atoms with Crippen molar-refractivity contribution in [2.45, 2.75) is 28.7 Å². The van der Waals surface area contributed by atoms with Crippen LogP contribution in [0.25, 0.3) is 11.3 Å². The molecule has 0 aliphatic carbocycles.